The van der Waals surface area contributed by atoms with Crippen LogP contribution in [0.3, 0.4) is 0 Å². The summed E-state index contributed by atoms with van der Waals surface area (Å²) in [6, 6.07) is 5.05. The summed E-state index contributed by atoms with van der Waals surface area (Å²) in [4.78, 5) is 21.7. The first kappa shape index (κ1) is 13.0. The second-order valence-electron chi connectivity index (χ2n) is 4.65. The highest BCUT2D eigenvalue weighted by atomic mass is 35.5. The first-order valence-electron chi connectivity index (χ1n) is 6.33. The van der Waals surface area contributed by atoms with Crippen molar-refractivity contribution in [2.24, 2.45) is 0 Å². The molecule has 0 aliphatic carbocycles. The van der Waals surface area contributed by atoms with Crippen molar-refractivity contribution in [2.75, 3.05) is 13.7 Å². The van der Waals surface area contributed by atoms with Gasteiger partial charge in [-0.05, 0) is 18.2 Å². The number of amides is 1. The van der Waals surface area contributed by atoms with Gasteiger partial charge in [0.15, 0.2) is 0 Å². The van der Waals surface area contributed by atoms with E-state index in [-0.39, 0.29) is 5.91 Å². The average Bonchev–Trinajstić information content (AvgIpc) is 2.93. The number of rotatable bonds is 2. The van der Waals surface area contributed by atoms with Crippen LogP contribution in [0.15, 0.2) is 24.5 Å². The maximum atomic E-state index is 12.6. The zero-order valence-electron chi connectivity index (χ0n) is 11.0. The van der Waals surface area contributed by atoms with Crippen LogP contribution in [0.5, 0.6) is 5.75 Å². The molecule has 1 aromatic carbocycles. The monoisotopic (exact) mass is 291 g/mol. The van der Waals surface area contributed by atoms with Crippen LogP contribution in [0.1, 0.15) is 21.7 Å². The molecule has 3 rings (SSSR count). The molecule has 0 radical (unpaired) electrons. The van der Waals surface area contributed by atoms with Gasteiger partial charge in [-0.3, -0.25) is 4.79 Å². The average molecular weight is 292 g/mol. The molecule has 0 spiro atoms. The highest BCUT2D eigenvalue weighted by Crippen LogP contribution is 2.26. The van der Waals surface area contributed by atoms with Crippen molar-refractivity contribution in [1.29, 1.82) is 0 Å². The normalized spacial score (nSPS) is 14.0. The molecule has 6 heteroatoms. The number of methoxy groups -OCH3 is 1. The van der Waals surface area contributed by atoms with Crippen LogP contribution >= 0.6 is 11.6 Å². The topological polar surface area (TPSA) is 58.2 Å². The van der Waals surface area contributed by atoms with E-state index in [1.807, 2.05) is 0 Å². The van der Waals surface area contributed by atoms with Crippen LogP contribution < -0.4 is 4.74 Å². The molecule has 0 atom stereocenters. The maximum absolute atomic E-state index is 12.6. The molecule has 1 amide bonds. The fourth-order valence-electron chi connectivity index (χ4n) is 2.40. The first-order chi connectivity index (χ1) is 9.69. The summed E-state index contributed by atoms with van der Waals surface area (Å²) in [6.45, 7) is 1.20. The van der Waals surface area contributed by atoms with Crippen LogP contribution in [0.4, 0.5) is 0 Å². The van der Waals surface area contributed by atoms with Crippen molar-refractivity contribution in [3.63, 3.8) is 0 Å². The minimum atomic E-state index is -0.0567. The number of halogens is 1. The number of nitrogens with zero attached hydrogens (tertiary/aromatic N) is 2. The molecule has 104 valence electrons. The van der Waals surface area contributed by atoms with Crippen LogP contribution in [-0.4, -0.2) is 34.4 Å². The van der Waals surface area contributed by atoms with Crippen molar-refractivity contribution in [1.82, 2.24) is 14.9 Å². The Morgan fingerprint density at radius 2 is 2.35 bits per heavy atom. The van der Waals surface area contributed by atoms with Crippen LogP contribution in [-0.2, 0) is 13.0 Å². The number of hydrogen-bond acceptors (Lipinski definition) is 3. The smallest absolute Gasteiger partial charge is 0.257 e. The molecular formula is C14H14ClN3O2. The minimum Gasteiger partial charge on any atom is -0.496 e. The lowest BCUT2D eigenvalue weighted by Gasteiger charge is -2.26. The molecule has 0 saturated heterocycles. The Balaban J connectivity index is 1.87. The number of carbonyl (C=O) groups excluding carboxylic acids is 1. The Hall–Kier alpha value is -2.01. The zero-order valence-corrected chi connectivity index (χ0v) is 11.8. The third-order valence-electron chi connectivity index (χ3n) is 3.46. The molecule has 0 fully saturated rings. The lowest BCUT2D eigenvalue weighted by molar-refractivity contribution is 0.0728. The molecule has 1 aromatic heterocycles. The fraction of sp³-hybridized carbons (Fsp3) is 0.286. The standard InChI is InChI=1S/C14H14ClN3O2/c1-20-13-6-9(15)2-3-10(13)14(19)18-5-4-11-12(7-18)17-8-16-11/h2-3,6,8H,4-5,7H2,1H3,(H,16,17). The second-order valence-corrected chi connectivity index (χ2v) is 5.09. The van der Waals surface area contributed by atoms with Gasteiger partial charge in [-0.25, -0.2) is 4.98 Å². The second kappa shape index (κ2) is 5.17. The minimum absolute atomic E-state index is 0.0567. The van der Waals surface area contributed by atoms with Gasteiger partial charge in [0.1, 0.15) is 5.75 Å². The molecule has 0 saturated carbocycles. The fourth-order valence-corrected chi connectivity index (χ4v) is 2.56. The van der Waals surface area contributed by atoms with E-state index in [0.29, 0.717) is 29.4 Å². The van der Waals surface area contributed by atoms with Crippen molar-refractivity contribution in [2.45, 2.75) is 13.0 Å². The van der Waals surface area contributed by atoms with E-state index in [2.05, 4.69) is 9.97 Å². The van der Waals surface area contributed by atoms with Crippen molar-refractivity contribution >= 4 is 17.5 Å². The van der Waals surface area contributed by atoms with Gasteiger partial charge in [-0.1, -0.05) is 11.6 Å². The number of fused-ring (bicyclic) bond motifs is 1. The Bertz CT molecular complexity index is 654. The number of imidazole rings is 1. The van der Waals surface area contributed by atoms with Gasteiger partial charge < -0.3 is 14.6 Å². The predicted molar refractivity (Wildman–Crippen MR) is 75.0 cm³/mol. The summed E-state index contributed by atoms with van der Waals surface area (Å²) in [5, 5.41) is 0.549. The van der Waals surface area contributed by atoms with E-state index in [9.17, 15) is 4.79 Å². The third-order valence-corrected chi connectivity index (χ3v) is 3.69. The van der Waals surface area contributed by atoms with E-state index in [1.54, 1.807) is 29.4 Å². The highest BCUT2D eigenvalue weighted by Gasteiger charge is 2.25. The van der Waals surface area contributed by atoms with Crippen LogP contribution in [0, 0.1) is 0 Å². The molecule has 1 N–H and O–H groups in total. The van der Waals surface area contributed by atoms with Gasteiger partial charge in [0.25, 0.3) is 5.91 Å². The van der Waals surface area contributed by atoms with E-state index < -0.39 is 0 Å². The van der Waals surface area contributed by atoms with Crippen molar-refractivity contribution in [3.8, 4) is 5.75 Å². The van der Waals surface area contributed by atoms with Gasteiger partial charge >= 0.3 is 0 Å². The van der Waals surface area contributed by atoms with Gasteiger partial charge in [0, 0.05) is 18.0 Å². The number of benzene rings is 1. The van der Waals surface area contributed by atoms with Gasteiger partial charge in [-0.2, -0.15) is 0 Å². The Kier molecular flexibility index (Phi) is 3.36. The lowest BCUT2D eigenvalue weighted by atomic mass is 10.1. The largest absolute Gasteiger partial charge is 0.496 e. The van der Waals surface area contributed by atoms with Crippen molar-refractivity contribution < 1.29 is 9.53 Å². The molecule has 0 bridgehead atoms. The number of carbonyl (C=O) groups is 1. The number of nitrogens with one attached hydrogen (secondary N) is 1. The first-order valence-corrected chi connectivity index (χ1v) is 6.71. The lowest BCUT2D eigenvalue weighted by Crippen LogP contribution is -2.36. The van der Waals surface area contributed by atoms with E-state index in [1.165, 1.54) is 7.11 Å². The Morgan fingerprint density at radius 1 is 1.50 bits per heavy atom. The molecule has 1 aliphatic rings. The van der Waals surface area contributed by atoms with Gasteiger partial charge in [0.2, 0.25) is 0 Å². The number of H-pyrrole nitrogens is 1. The zero-order chi connectivity index (χ0) is 14.1. The summed E-state index contributed by atoms with van der Waals surface area (Å²) < 4.78 is 5.24. The molecule has 1 aliphatic heterocycles. The van der Waals surface area contributed by atoms with Gasteiger partial charge in [-0.15, -0.1) is 0 Å². The Morgan fingerprint density at radius 3 is 3.15 bits per heavy atom. The van der Waals surface area contributed by atoms with Crippen LogP contribution in [0.2, 0.25) is 5.02 Å². The molecule has 0 unspecified atom stereocenters. The van der Waals surface area contributed by atoms with E-state index in [4.69, 9.17) is 16.3 Å². The summed E-state index contributed by atoms with van der Waals surface area (Å²) in [5.74, 6) is 0.441. The highest BCUT2D eigenvalue weighted by molar-refractivity contribution is 6.30. The third kappa shape index (κ3) is 2.25. The number of aromatic nitrogens is 2. The molecule has 2 aromatic rings. The van der Waals surface area contributed by atoms with E-state index >= 15 is 0 Å². The van der Waals surface area contributed by atoms with Crippen LogP contribution in [0.25, 0.3) is 0 Å². The molecular weight excluding hydrogens is 278 g/mol. The maximum Gasteiger partial charge on any atom is 0.257 e. The SMILES string of the molecule is COc1cc(Cl)ccc1C(=O)N1CCc2nc[nH]c2C1. The Labute approximate surface area is 121 Å². The molecule has 5 nitrogen and oxygen atoms in total. The molecule has 20 heavy (non-hydrogen) atoms. The van der Waals surface area contributed by atoms with E-state index in [0.717, 1.165) is 17.8 Å². The summed E-state index contributed by atoms with van der Waals surface area (Å²) in [6.07, 6.45) is 2.43. The quantitative estimate of drug-likeness (QED) is 0.923. The summed E-state index contributed by atoms with van der Waals surface area (Å²) in [5.41, 5.74) is 2.56. The summed E-state index contributed by atoms with van der Waals surface area (Å²) >= 11 is 5.92. The van der Waals surface area contributed by atoms with Gasteiger partial charge in [0.05, 0.1) is 36.9 Å². The summed E-state index contributed by atoms with van der Waals surface area (Å²) in [7, 11) is 1.53. The number of hydrogen-bond donors (Lipinski definition) is 1. The molecule has 2 heterocycles. The van der Waals surface area contributed by atoms with Crippen molar-refractivity contribution in [3.05, 3.63) is 46.5 Å². The number of aromatic amines is 1. The predicted octanol–water partition coefficient (Wildman–Crippen LogP) is 2.27. The number of ether oxygens (including phenoxy) is 1.